The SMILES string of the molecule is Cc1ccc(CSC[C@H](NC(=O)C(CS)Cc2ccccc2)C(=O)O)cc1. The lowest BCUT2D eigenvalue weighted by Gasteiger charge is -2.19. The van der Waals surface area contributed by atoms with Crippen molar-refractivity contribution in [2.24, 2.45) is 5.92 Å². The predicted octanol–water partition coefficient (Wildman–Crippen LogP) is 3.59. The van der Waals surface area contributed by atoms with Crippen LogP contribution in [0.5, 0.6) is 0 Å². The van der Waals surface area contributed by atoms with Crippen molar-refractivity contribution in [3.05, 3.63) is 71.3 Å². The normalized spacial score (nSPS) is 13.0. The number of benzene rings is 2. The van der Waals surface area contributed by atoms with Gasteiger partial charge in [-0.2, -0.15) is 24.4 Å². The monoisotopic (exact) mass is 403 g/mol. The first kappa shape index (κ1) is 21.4. The standard InChI is InChI=1S/C21H25NO3S2/c1-15-7-9-17(10-8-15)13-27-14-19(21(24)25)22-20(23)18(12-26)11-16-5-3-2-4-6-16/h2-10,18-19,26H,11-14H2,1H3,(H,22,23)(H,24,25)/t18?,19-/m0/s1. The van der Waals surface area contributed by atoms with Gasteiger partial charge in [-0.1, -0.05) is 60.2 Å². The average Bonchev–Trinajstić information content (AvgIpc) is 2.67. The predicted molar refractivity (Wildman–Crippen MR) is 114 cm³/mol. The minimum atomic E-state index is -1.02. The van der Waals surface area contributed by atoms with Crippen molar-refractivity contribution in [3.63, 3.8) is 0 Å². The number of carboxylic acids is 1. The molecule has 0 spiro atoms. The van der Waals surface area contributed by atoms with Gasteiger partial charge in [-0.25, -0.2) is 4.79 Å². The number of amides is 1. The van der Waals surface area contributed by atoms with E-state index in [0.29, 0.717) is 23.7 Å². The van der Waals surface area contributed by atoms with E-state index in [1.165, 1.54) is 17.3 Å². The van der Waals surface area contributed by atoms with E-state index in [1.54, 1.807) is 0 Å². The van der Waals surface area contributed by atoms with Gasteiger partial charge in [-0.3, -0.25) is 4.79 Å². The van der Waals surface area contributed by atoms with E-state index in [0.717, 1.165) is 11.1 Å². The molecule has 4 nitrogen and oxygen atoms in total. The summed E-state index contributed by atoms with van der Waals surface area (Å²) in [5.74, 6) is -0.252. The molecule has 0 aliphatic rings. The van der Waals surface area contributed by atoms with Crippen molar-refractivity contribution in [1.82, 2.24) is 5.32 Å². The number of aryl methyl sites for hydroxylation is 1. The van der Waals surface area contributed by atoms with Gasteiger partial charge in [0.2, 0.25) is 5.91 Å². The molecular formula is C21H25NO3S2. The van der Waals surface area contributed by atoms with Gasteiger partial charge in [0.25, 0.3) is 0 Å². The van der Waals surface area contributed by atoms with Crippen LogP contribution in [0, 0.1) is 12.8 Å². The van der Waals surface area contributed by atoms with E-state index < -0.39 is 12.0 Å². The minimum absolute atomic E-state index is 0.266. The van der Waals surface area contributed by atoms with Crippen LogP contribution in [0.1, 0.15) is 16.7 Å². The van der Waals surface area contributed by atoms with Gasteiger partial charge in [0.15, 0.2) is 0 Å². The molecule has 0 fully saturated rings. The highest BCUT2D eigenvalue weighted by atomic mass is 32.2. The molecule has 0 radical (unpaired) electrons. The number of hydrogen-bond acceptors (Lipinski definition) is 4. The number of nitrogens with one attached hydrogen (secondary N) is 1. The van der Waals surface area contributed by atoms with Crippen LogP contribution in [0.25, 0.3) is 0 Å². The Morgan fingerprint density at radius 1 is 1.07 bits per heavy atom. The zero-order valence-corrected chi connectivity index (χ0v) is 17.0. The van der Waals surface area contributed by atoms with Crippen LogP contribution >= 0.6 is 24.4 Å². The third-order valence-corrected chi connectivity index (χ3v) is 5.75. The Morgan fingerprint density at radius 3 is 2.33 bits per heavy atom. The summed E-state index contributed by atoms with van der Waals surface area (Å²) in [4.78, 5) is 24.1. The van der Waals surface area contributed by atoms with Gasteiger partial charge in [0.1, 0.15) is 6.04 Å². The molecule has 0 aliphatic carbocycles. The van der Waals surface area contributed by atoms with Crippen LogP contribution in [-0.2, 0) is 21.8 Å². The summed E-state index contributed by atoms with van der Waals surface area (Å²) in [6.45, 7) is 2.03. The highest BCUT2D eigenvalue weighted by Gasteiger charge is 2.24. The Hall–Kier alpha value is -1.92. The molecule has 0 saturated carbocycles. The zero-order chi connectivity index (χ0) is 19.6. The summed E-state index contributed by atoms with van der Waals surface area (Å²) in [7, 11) is 0. The summed E-state index contributed by atoms with van der Waals surface area (Å²) >= 11 is 5.77. The second-order valence-corrected chi connectivity index (χ2v) is 7.86. The molecule has 2 N–H and O–H groups in total. The lowest BCUT2D eigenvalue weighted by atomic mass is 10.00. The van der Waals surface area contributed by atoms with Crippen molar-refractivity contribution in [3.8, 4) is 0 Å². The van der Waals surface area contributed by atoms with Crippen molar-refractivity contribution >= 4 is 36.3 Å². The first-order valence-electron chi connectivity index (χ1n) is 8.81. The minimum Gasteiger partial charge on any atom is -0.480 e. The Bertz CT molecular complexity index is 735. The summed E-state index contributed by atoms with van der Waals surface area (Å²) in [5, 5.41) is 12.1. The van der Waals surface area contributed by atoms with E-state index in [4.69, 9.17) is 0 Å². The summed E-state index contributed by atoms with van der Waals surface area (Å²) < 4.78 is 0. The average molecular weight is 404 g/mol. The second-order valence-electron chi connectivity index (χ2n) is 6.47. The highest BCUT2D eigenvalue weighted by Crippen LogP contribution is 2.15. The smallest absolute Gasteiger partial charge is 0.327 e. The molecular weight excluding hydrogens is 378 g/mol. The number of thiol groups is 1. The van der Waals surface area contributed by atoms with Crippen molar-refractivity contribution in [2.75, 3.05) is 11.5 Å². The number of carbonyl (C=O) groups excluding carboxylic acids is 1. The van der Waals surface area contributed by atoms with Gasteiger partial charge >= 0.3 is 5.97 Å². The lowest BCUT2D eigenvalue weighted by molar-refractivity contribution is -0.141. The Labute approximate surface area is 170 Å². The van der Waals surface area contributed by atoms with Crippen LogP contribution in [0.15, 0.2) is 54.6 Å². The quantitative estimate of drug-likeness (QED) is 0.531. The number of hydrogen-bond donors (Lipinski definition) is 3. The second kappa shape index (κ2) is 11.0. The maximum absolute atomic E-state index is 12.5. The van der Waals surface area contributed by atoms with Gasteiger partial charge < -0.3 is 10.4 Å². The molecule has 0 bridgehead atoms. The number of rotatable bonds is 10. The van der Waals surface area contributed by atoms with E-state index in [-0.39, 0.29) is 11.8 Å². The molecule has 0 aromatic heterocycles. The molecule has 2 aromatic rings. The maximum atomic E-state index is 12.5. The van der Waals surface area contributed by atoms with Gasteiger partial charge in [0, 0.05) is 17.3 Å². The lowest BCUT2D eigenvalue weighted by Crippen LogP contribution is -2.46. The van der Waals surface area contributed by atoms with Gasteiger partial charge in [0.05, 0.1) is 5.92 Å². The van der Waals surface area contributed by atoms with Crippen molar-refractivity contribution in [2.45, 2.75) is 25.1 Å². The number of thioether (sulfide) groups is 1. The number of carboxylic acid groups (broad SMARTS) is 1. The summed E-state index contributed by atoms with van der Waals surface area (Å²) in [6.07, 6.45) is 0.541. The molecule has 27 heavy (non-hydrogen) atoms. The van der Waals surface area contributed by atoms with Crippen molar-refractivity contribution < 1.29 is 14.7 Å². The first-order chi connectivity index (χ1) is 13.0. The molecule has 6 heteroatoms. The molecule has 0 aliphatic heterocycles. The first-order valence-corrected chi connectivity index (χ1v) is 10.6. The molecule has 2 atom stereocenters. The maximum Gasteiger partial charge on any atom is 0.327 e. The Kier molecular flexibility index (Phi) is 8.75. The molecule has 2 rings (SSSR count). The largest absolute Gasteiger partial charge is 0.480 e. The third kappa shape index (κ3) is 7.31. The Balaban J connectivity index is 1.88. The van der Waals surface area contributed by atoms with Crippen LogP contribution in [0.4, 0.5) is 0 Å². The van der Waals surface area contributed by atoms with E-state index in [9.17, 15) is 14.7 Å². The zero-order valence-electron chi connectivity index (χ0n) is 15.3. The fourth-order valence-electron chi connectivity index (χ4n) is 2.58. The van der Waals surface area contributed by atoms with Crippen LogP contribution in [0.2, 0.25) is 0 Å². The molecule has 0 saturated heterocycles. The fraction of sp³-hybridized carbons (Fsp3) is 0.333. The number of carbonyl (C=O) groups is 2. The van der Waals surface area contributed by atoms with Crippen LogP contribution < -0.4 is 5.32 Å². The van der Waals surface area contributed by atoms with Crippen molar-refractivity contribution in [1.29, 1.82) is 0 Å². The Morgan fingerprint density at radius 2 is 1.74 bits per heavy atom. The molecule has 1 unspecified atom stereocenters. The van der Waals surface area contributed by atoms with Gasteiger partial charge in [-0.05, 0) is 24.5 Å². The van der Waals surface area contributed by atoms with Gasteiger partial charge in [-0.15, -0.1) is 0 Å². The van der Waals surface area contributed by atoms with Crippen LogP contribution in [-0.4, -0.2) is 34.5 Å². The molecule has 2 aromatic carbocycles. The highest BCUT2D eigenvalue weighted by molar-refractivity contribution is 7.98. The molecule has 1 amide bonds. The molecule has 144 valence electrons. The third-order valence-electron chi connectivity index (χ3n) is 4.20. The van der Waals surface area contributed by atoms with E-state index in [2.05, 4.69) is 17.9 Å². The topological polar surface area (TPSA) is 66.4 Å². The molecule has 0 heterocycles. The number of aliphatic carboxylic acids is 1. The van der Waals surface area contributed by atoms with Crippen LogP contribution in [0.3, 0.4) is 0 Å². The fourth-order valence-corrected chi connectivity index (χ4v) is 3.88. The summed E-state index contributed by atoms with van der Waals surface area (Å²) in [5.41, 5.74) is 3.36. The van der Waals surface area contributed by atoms with E-state index in [1.807, 2.05) is 61.5 Å². The van der Waals surface area contributed by atoms with E-state index >= 15 is 0 Å². The summed E-state index contributed by atoms with van der Waals surface area (Å²) in [6, 6.07) is 16.9.